The van der Waals surface area contributed by atoms with Crippen LogP contribution in [0.3, 0.4) is 0 Å². The Morgan fingerprint density at radius 1 is 1.22 bits per heavy atom. The number of ether oxygens (including phenoxy) is 3. The minimum atomic E-state index is 0.298. The summed E-state index contributed by atoms with van der Waals surface area (Å²) in [6.45, 7) is 1.48. The fourth-order valence-corrected chi connectivity index (χ4v) is 0.372. The van der Waals surface area contributed by atoms with Gasteiger partial charge in [0.05, 0.1) is 19.2 Å². The largest absolute Gasteiger partial charge is 0.382 e. The van der Waals surface area contributed by atoms with Crippen LogP contribution in [0.5, 0.6) is 0 Å². The molecular weight excluding hydrogens is 140 g/mol. The Bertz CT molecular complexity index is 45.5. The summed E-state index contributed by atoms with van der Waals surface area (Å²) in [6, 6.07) is 0. The molecule has 0 aromatic heterocycles. The Hall–Kier alpha value is 0.230. The van der Waals surface area contributed by atoms with E-state index in [0.29, 0.717) is 25.9 Å². The fourth-order valence-electron chi connectivity index (χ4n) is 0.297. The molecule has 9 heavy (non-hydrogen) atoms. The van der Waals surface area contributed by atoms with E-state index in [-0.39, 0.29) is 0 Å². The highest BCUT2D eigenvalue weighted by Gasteiger charge is 1.83. The average Bonchev–Trinajstić information content (AvgIpc) is 1.89. The quantitative estimate of drug-likeness (QED) is 0.341. The van der Waals surface area contributed by atoms with Crippen molar-refractivity contribution in [1.82, 2.24) is 0 Å². The zero-order valence-corrected chi connectivity index (χ0v) is 6.39. The van der Waals surface area contributed by atoms with Gasteiger partial charge < -0.3 is 14.2 Å². The van der Waals surface area contributed by atoms with Crippen molar-refractivity contribution in [1.29, 1.82) is 0 Å². The van der Waals surface area contributed by atoms with Crippen LogP contribution >= 0.6 is 12.6 Å². The van der Waals surface area contributed by atoms with Crippen molar-refractivity contribution in [2.75, 3.05) is 33.1 Å². The predicted molar refractivity (Wildman–Crippen MR) is 37.6 cm³/mol. The number of methoxy groups -OCH3 is 1. The number of hydrogen-bond acceptors (Lipinski definition) is 4. The molecule has 0 aliphatic rings. The van der Waals surface area contributed by atoms with Crippen LogP contribution in [0.25, 0.3) is 0 Å². The Kier molecular flexibility index (Phi) is 8.44. The molecule has 3 nitrogen and oxygen atoms in total. The van der Waals surface area contributed by atoms with Gasteiger partial charge in [-0.3, -0.25) is 0 Å². The third-order valence-electron chi connectivity index (χ3n) is 0.690. The molecule has 0 amide bonds. The number of hydrogen-bond donors (Lipinski definition) is 1. The van der Waals surface area contributed by atoms with E-state index in [0.717, 1.165) is 0 Å². The molecule has 0 aromatic rings. The maximum absolute atomic E-state index is 4.92. The summed E-state index contributed by atoms with van der Waals surface area (Å²) in [4.78, 5) is 0. The van der Waals surface area contributed by atoms with Crippen molar-refractivity contribution < 1.29 is 14.2 Å². The molecule has 0 N–H and O–H groups in total. The third-order valence-corrected chi connectivity index (χ3v) is 0.872. The topological polar surface area (TPSA) is 27.7 Å². The highest BCUT2D eigenvalue weighted by atomic mass is 32.1. The zero-order valence-electron chi connectivity index (χ0n) is 5.50. The van der Waals surface area contributed by atoms with Crippen molar-refractivity contribution >= 4 is 12.6 Å². The van der Waals surface area contributed by atoms with Crippen LogP contribution in [0.4, 0.5) is 0 Å². The molecule has 0 spiro atoms. The van der Waals surface area contributed by atoms with Crippen molar-refractivity contribution in [2.24, 2.45) is 0 Å². The van der Waals surface area contributed by atoms with E-state index < -0.39 is 0 Å². The van der Waals surface area contributed by atoms with Crippen LogP contribution in [0.15, 0.2) is 0 Å². The lowest BCUT2D eigenvalue weighted by molar-refractivity contribution is -0.0504. The van der Waals surface area contributed by atoms with Crippen molar-refractivity contribution in [3.05, 3.63) is 0 Å². The Labute approximate surface area is 60.7 Å². The number of rotatable bonds is 6. The molecular formula is C5H12O3S. The van der Waals surface area contributed by atoms with Crippen LogP contribution in [-0.4, -0.2) is 33.1 Å². The summed E-state index contributed by atoms with van der Waals surface area (Å²) in [5, 5.41) is 0. The first kappa shape index (κ1) is 9.23. The minimum absolute atomic E-state index is 0.298. The van der Waals surface area contributed by atoms with Crippen molar-refractivity contribution in [3.63, 3.8) is 0 Å². The van der Waals surface area contributed by atoms with Gasteiger partial charge in [-0.05, 0) is 0 Å². The zero-order chi connectivity index (χ0) is 6.95. The first-order valence-electron chi connectivity index (χ1n) is 2.67. The van der Waals surface area contributed by atoms with Gasteiger partial charge in [0.1, 0.15) is 6.79 Å². The SMILES string of the molecule is COCCOCOCS. The monoisotopic (exact) mass is 152 g/mol. The first-order valence-corrected chi connectivity index (χ1v) is 3.30. The molecule has 0 atom stereocenters. The number of thiol groups is 1. The van der Waals surface area contributed by atoms with Crippen molar-refractivity contribution in [2.45, 2.75) is 0 Å². The van der Waals surface area contributed by atoms with E-state index in [1.165, 1.54) is 0 Å². The lowest BCUT2D eigenvalue weighted by atomic mass is 10.8. The molecule has 0 fully saturated rings. The summed E-state index contributed by atoms with van der Waals surface area (Å²) >= 11 is 3.81. The highest BCUT2D eigenvalue weighted by molar-refractivity contribution is 7.80. The van der Waals surface area contributed by atoms with Gasteiger partial charge in [0.25, 0.3) is 0 Å². The van der Waals surface area contributed by atoms with E-state index in [9.17, 15) is 0 Å². The van der Waals surface area contributed by atoms with Gasteiger partial charge in [-0.15, -0.1) is 0 Å². The van der Waals surface area contributed by atoms with E-state index in [1.807, 2.05) is 0 Å². The molecule has 0 aliphatic carbocycles. The Balaban J connectivity index is 2.60. The third kappa shape index (κ3) is 8.23. The maximum atomic E-state index is 4.92. The molecule has 56 valence electrons. The van der Waals surface area contributed by atoms with E-state index in [1.54, 1.807) is 7.11 Å². The summed E-state index contributed by atoms with van der Waals surface area (Å²) in [5.74, 6) is 0.396. The van der Waals surface area contributed by atoms with Crippen molar-refractivity contribution in [3.8, 4) is 0 Å². The lowest BCUT2D eigenvalue weighted by Gasteiger charge is -2.01. The first-order chi connectivity index (χ1) is 4.41. The predicted octanol–water partition coefficient (Wildman–Crippen LogP) is 0.511. The maximum Gasteiger partial charge on any atom is 0.147 e. The van der Waals surface area contributed by atoms with Gasteiger partial charge in [0, 0.05) is 7.11 Å². The Morgan fingerprint density at radius 2 is 2.00 bits per heavy atom. The normalized spacial score (nSPS) is 10.0. The van der Waals surface area contributed by atoms with Gasteiger partial charge in [-0.25, -0.2) is 0 Å². The summed E-state index contributed by atoms with van der Waals surface area (Å²) < 4.78 is 14.4. The smallest absolute Gasteiger partial charge is 0.147 e. The highest BCUT2D eigenvalue weighted by Crippen LogP contribution is 1.80. The molecule has 0 unspecified atom stereocenters. The second kappa shape index (κ2) is 8.23. The van der Waals surface area contributed by atoms with Crippen LogP contribution in [-0.2, 0) is 14.2 Å². The minimum Gasteiger partial charge on any atom is -0.382 e. The van der Waals surface area contributed by atoms with Gasteiger partial charge in [0.2, 0.25) is 0 Å². The van der Waals surface area contributed by atoms with E-state index in [2.05, 4.69) is 12.6 Å². The average molecular weight is 152 g/mol. The van der Waals surface area contributed by atoms with Crippen LogP contribution in [0.2, 0.25) is 0 Å². The fraction of sp³-hybridized carbons (Fsp3) is 1.00. The van der Waals surface area contributed by atoms with E-state index in [4.69, 9.17) is 14.2 Å². The summed E-state index contributed by atoms with van der Waals surface area (Å²) in [7, 11) is 1.63. The van der Waals surface area contributed by atoms with Gasteiger partial charge in [-0.1, -0.05) is 0 Å². The molecule has 0 saturated heterocycles. The van der Waals surface area contributed by atoms with Gasteiger partial charge in [-0.2, -0.15) is 12.6 Å². The molecule has 0 rings (SSSR count). The van der Waals surface area contributed by atoms with Gasteiger partial charge in [0.15, 0.2) is 0 Å². The second-order valence-corrected chi connectivity index (χ2v) is 1.61. The molecule has 0 aromatic carbocycles. The van der Waals surface area contributed by atoms with Crippen LogP contribution in [0.1, 0.15) is 0 Å². The van der Waals surface area contributed by atoms with Crippen LogP contribution < -0.4 is 0 Å². The van der Waals surface area contributed by atoms with Crippen LogP contribution in [0, 0.1) is 0 Å². The molecule has 0 bridgehead atoms. The lowest BCUT2D eigenvalue weighted by Crippen LogP contribution is -2.04. The second-order valence-electron chi connectivity index (χ2n) is 1.35. The molecule has 0 radical (unpaired) electrons. The molecule has 0 saturated carbocycles. The summed E-state index contributed by atoms with van der Waals surface area (Å²) in [5.41, 5.74) is 0. The van der Waals surface area contributed by atoms with E-state index >= 15 is 0 Å². The molecule has 0 aliphatic heterocycles. The summed E-state index contributed by atoms with van der Waals surface area (Å²) in [6.07, 6.45) is 0. The standard InChI is InChI=1S/C5H12O3S/c1-6-2-3-7-4-8-5-9/h9H,2-5H2,1H3. The molecule has 0 heterocycles. The van der Waals surface area contributed by atoms with Gasteiger partial charge >= 0.3 is 0 Å². The molecule has 4 heteroatoms. The Morgan fingerprint density at radius 3 is 2.56 bits per heavy atom.